The summed E-state index contributed by atoms with van der Waals surface area (Å²) in [6.07, 6.45) is 17.6. The van der Waals surface area contributed by atoms with Crippen LogP contribution in [0.4, 0.5) is 5.82 Å². The monoisotopic (exact) mass is 489 g/mol. The van der Waals surface area contributed by atoms with Crippen molar-refractivity contribution >= 4 is 11.7 Å². The Kier molecular flexibility index (Phi) is 13.3. The molecular formula is C29H39N5O2. The predicted octanol–water partition coefficient (Wildman–Crippen LogP) is 5.31. The van der Waals surface area contributed by atoms with E-state index in [-0.39, 0.29) is 11.7 Å². The van der Waals surface area contributed by atoms with Gasteiger partial charge in [0, 0.05) is 61.6 Å². The lowest BCUT2D eigenvalue weighted by molar-refractivity contribution is 0.0786. The average molecular weight is 490 g/mol. The number of rotatable bonds is 10. The van der Waals surface area contributed by atoms with Gasteiger partial charge in [-0.1, -0.05) is 13.0 Å². The number of aryl methyl sites for hydroxylation is 1. The van der Waals surface area contributed by atoms with Crippen LogP contribution in [0.25, 0.3) is 11.1 Å². The number of allylic oxidation sites excluding steroid dienone is 3. The van der Waals surface area contributed by atoms with E-state index in [9.17, 15) is 9.90 Å². The minimum Gasteiger partial charge on any atom is -0.508 e. The number of anilines is 1. The molecule has 0 aliphatic heterocycles. The van der Waals surface area contributed by atoms with E-state index in [4.69, 9.17) is 0 Å². The topological polar surface area (TPSA) is 81.6 Å². The fourth-order valence-electron chi connectivity index (χ4n) is 3.16. The van der Waals surface area contributed by atoms with Crippen molar-refractivity contribution in [3.8, 4) is 23.5 Å². The minimum absolute atomic E-state index is 0.0533. The third kappa shape index (κ3) is 9.40. The molecule has 7 nitrogen and oxygen atoms in total. The summed E-state index contributed by atoms with van der Waals surface area (Å²) >= 11 is 0. The van der Waals surface area contributed by atoms with Crippen LogP contribution in [-0.2, 0) is 6.42 Å². The number of hydrogen-bond donors (Lipinski definition) is 2. The smallest absolute Gasteiger partial charge is 0.255 e. The molecule has 0 bridgehead atoms. The zero-order chi connectivity index (χ0) is 27.1. The van der Waals surface area contributed by atoms with Gasteiger partial charge in [0.15, 0.2) is 0 Å². The zero-order valence-corrected chi connectivity index (χ0v) is 22.5. The molecule has 36 heavy (non-hydrogen) atoms. The highest BCUT2D eigenvalue weighted by atomic mass is 16.3. The van der Waals surface area contributed by atoms with Gasteiger partial charge in [0.05, 0.1) is 5.56 Å². The first kappa shape index (κ1) is 30.1. The number of carbonyl (C=O) groups is 1. The van der Waals surface area contributed by atoms with Crippen molar-refractivity contribution < 1.29 is 9.90 Å². The highest BCUT2D eigenvalue weighted by molar-refractivity contribution is 5.95. The number of carbonyl (C=O) groups excluding carboxylic acids is 1. The molecule has 0 radical (unpaired) electrons. The molecule has 0 spiro atoms. The van der Waals surface area contributed by atoms with Crippen molar-refractivity contribution in [2.45, 2.75) is 34.1 Å². The summed E-state index contributed by atoms with van der Waals surface area (Å²) in [4.78, 5) is 25.4. The number of hydrogen-bond acceptors (Lipinski definition) is 6. The normalized spacial score (nSPS) is 11.6. The highest BCUT2D eigenvalue weighted by Gasteiger charge is 2.14. The largest absolute Gasteiger partial charge is 0.508 e. The van der Waals surface area contributed by atoms with Crippen LogP contribution in [0.3, 0.4) is 0 Å². The lowest BCUT2D eigenvalue weighted by Crippen LogP contribution is -2.33. The second-order valence-corrected chi connectivity index (χ2v) is 8.26. The molecule has 0 saturated heterocycles. The summed E-state index contributed by atoms with van der Waals surface area (Å²) in [5, 5.41) is 13.1. The summed E-state index contributed by atoms with van der Waals surface area (Å²) in [5.41, 5.74) is 4.07. The van der Waals surface area contributed by atoms with Gasteiger partial charge in [0.25, 0.3) is 5.91 Å². The third-order valence-corrected chi connectivity index (χ3v) is 5.26. The van der Waals surface area contributed by atoms with Gasteiger partial charge in [0.2, 0.25) is 0 Å². The number of nitrogens with one attached hydrogen (secondary N) is 1. The summed E-state index contributed by atoms with van der Waals surface area (Å²) in [6, 6.07) is 3.92. The van der Waals surface area contributed by atoms with Crippen LogP contribution in [0.1, 0.15) is 43.6 Å². The summed E-state index contributed by atoms with van der Waals surface area (Å²) < 4.78 is 0. The van der Waals surface area contributed by atoms with Gasteiger partial charge in [-0.15, -0.1) is 12.3 Å². The number of terminal acetylenes is 1. The lowest BCUT2D eigenvalue weighted by Gasteiger charge is -2.19. The van der Waals surface area contributed by atoms with E-state index >= 15 is 0 Å². The second kappa shape index (κ2) is 15.9. The van der Waals surface area contributed by atoms with Gasteiger partial charge in [-0.2, -0.15) is 0 Å². The Morgan fingerprint density at radius 2 is 1.78 bits per heavy atom. The number of amides is 1. The fourth-order valence-corrected chi connectivity index (χ4v) is 3.16. The number of aromatic nitrogens is 2. The Hall–Kier alpha value is -3.89. The molecule has 0 unspecified atom stereocenters. The van der Waals surface area contributed by atoms with Crippen molar-refractivity contribution in [3.05, 3.63) is 77.6 Å². The number of aliphatic hydroxyl groups is 1. The van der Waals surface area contributed by atoms with E-state index < -0.39 is 0 Å². The first-order chi connectivity index (χ1) is 17.2. The maximum Gasteiger partial charge on any atom is 0.255 e. The van der Waals surface area contributed by atoms with Gasteiger partial charge >= 0.3 is 0 Å². The lowest BCUT2D eigenvalue weighted by atomic mass is 10.0. The van der Waals surface area contributed by atoms with Gasteiger partial charge < -0.3 is 20.2 Å². The van der Waals surface area contributed by atoms with Gasteiger partial charge in [-0.05, 0) is 71.1 Å². The molecule has 0 aromatic carbocycles. The van der Waals surface area contributed by atoms with E-state index in [2.05, 4.69) is 40.6 Å². The highest BCUT2D eigenvalue weighted by Crippen LogP contribution is 2.24. The van der Waals surface area contributed by atoms with E-state index in [1.54, 1.807) is 62.7 Å². The number of aliphatic hydroxyl groups excluding tert-OH is 1. The quantitative estimate of drug-likeness (QED) is 0.267. The Morgan fingerprint density at radius 3 is 2.36 bits per heavy atom. The van der Waals surface area contributed by atoms with E-state index in [0.717, 1.165) is 41.0 Å². The molecule has 1 amide bonds. The van der Waals surface area contributed by atoms with Crippen molar-refractivity contribution in [2.24, 2.45) is 0 Å². The van der Waals surface area contributed by atoms with Crippen LogP contribution >= 0.6 is 0 Å². The Bertz CT molecular complexity index is 1130. The van der Waals surface area contributed by atoms with Crippen LogP contribution in [0.5, 0.6) is 0 Å². The van der Waals surface area contributed by atoms with Gasteiger partial charge in [-0.3, -0.25) is 9.78 Å². The Morgan fingerprint density at radius 1 is 1.11 bits per heavy atom. The van der Waals surface area contributed by atoms with E-state index in [1.165, 1.54) is 0 Å². The molecule has 0 aliphatic rings. The molecule has 2 heterocycles. The molecular weight excluding hydrogens is 450 g/mol. The van der Waals surface area contributed by atoms with E-state index in [0.29, 0.717) is 12.1 Å². The van der Waals surface area contributed by atoms with Crippen molar-refractivity contribution in [3.63, 3.8) is 0 Å². The van der Waals surface area contributed by atoms with Crippen LogP contribution in [0.2, 0.25) is 0 Å². The zero-order valence-electron chi connectivity index (χ0n) is 22.5. The molecule has 2 aromatic heterocycles. The summed E-state index contributed by atoms with van der Waals surface area (Å²) in [7, 11) is 5.77. The fraction of sp³-hybridized carbons (Fsp3) is 0.345. The molecule has 0 atom stereocenters. The standard InChI is InChI=1S/C26H35N5O2.C3H4/c1-7-19(24(32)9-3)10-11-28-25-20(8-2)14-22(18-29-25)21-15-23(17-27-16-21)26(33)31(6)13-12-30(4)5;1-3-2/h7,9-11,14-18,32H,8,12-13H2,1-6H3,(H,28,29);1H,2H3/b11-10+,19-7-,24-9+;. The van der Waals surface area contributed by atoms with Crippen molar-refractivity contribution in [1.29, 1.82) is 0 Å². The first-order valence-corrected chi connectivity index (χ1v) is 11.9. The first-order valence-electron chi connectivity index (χ1n) is 11.9. The molecule has 0 aliphatic carbocycles. The van der Waals surface area contributed by atoms with Crippen LogP contribution in [0, 0.1) is 12.3 Å². The molecule has 2 rings (SSSR count). The summed E-state index contributed by atoms with van der Waals surface area (Å²) in [5.74, 6) is 3.17. The predicted molar refractivity (Wildman–Crippen MR) is 150 cm³/mol. The number of likely N-dealkylation sites (N-methyl/N-ethyl adjacent to an activating group) is 2. The average Bonchev–Trinajstić information content (AvgIpc) is 2.89. The SMILES string of the molecule is C#CC.C/C=C(/C=C/Nc1ncc(-c2cncc(C(=O)N(C)CCN(C)C)c2)cc1CC)C(\O)=C/C. The second-order valence-electron chi connectivity index (χ2n) is 8.26. The molecule has 7 heteroatoms. The van der Waals surface area contributed by atoms with Crippen molar-refractivity contribution in [1.82, 2.24) is 19.8 Å². The number of pyridine rings is 2. The minimum atomic E-state index is -0.0533. The number of nitrogens with zero attached hydrogens (tertiary/aromatic N) is 4. The molecule has 192 valence electrons. The van der Waals surface area contributed by atoms with E-state index in [1.807, 2.05) is 38.1 Å². The van der Waals surface area contributed by atoms with Crippen molar-refractivity contribution in [2.75, 3.05) is 39.5 Å². The molecule has 0 fully saturated rings. The third-order valence-electron chi connectivity index (χ3n) is 5.26. The molecule has 2 aromatic rings. The molecule has 0 saturated carbocycles. The summed E-state index contributed by atoms with van der Waals surface area (Å²) in [6.45, 7) is 8.82. The Balaban J connectivity index is 0.00000205. The van der Waals surface area contributed by atoms with Gasteiger partial charge in [0.1, 0.15) is 11.6 Å². The maximum atomic E-state index is 12.8. The van der Waals surface area contributed by atoms with Gasteiger partial charge in [-0.25, -0.2) is 4.98 Å². The van der Waals surface area contributed by atoms with Crippen LogP contribution in [0.15, 0.2) is 66.5 Å². The Labute approximate surface area is 216 Å². The maximum absolute atomic E-state index is 12.8. The molecule has 2 N–H and O–H groups in total. The van der Waals surface area contributed by atoms with Crippen LogP contribution in [-0.4, -0.2) is 65.0 Å². The van der Waals surface area contributed by atoms with Crippen LogP contribution < -0.4 is 5.32 Å².